The largest absolute Gasteiger partial charge is 0.493 e. The van der Waals surface area contributed by atoms with Gasteiger partial charge in [0, 0.05) is 0 Å². The number of carboxylic acids is 1. The molecule has 0 heterocycles. The summed E-state index contributed by atoms with van der Waals surface area (Å²) < 4.78 is 18.5. The molecule has 0 radical (unpaired) electrons. The predicted octanol–water partition coefficient (Wildman–Crippen LogP) is 3.09. The van der Waals surface area contributed by atoms with E-state index in [0.29, 0.717) is 6.61 Å². The first-order valence-corrected chi connectivity index (χ1v) is 5.31. The summed E-state index contributed by atoms with van der Waals surface area (Å²) in [6.07, 6.45) is 2.90. The van der Waals surface area contributed by atoms with Crippen LogP contribution in [0.1, 0.15) is 36.5 Å². The lowest BCUT2D eigenvalue weighted by Gasteiger charge is -2.09. The molecule has 3 nitrogen and oxygen atoms in total. The zero-order valence-electron chi connectivity index (χ0n) is 9.20. The van der Waals surface area contributed by atoms with Gasteiger partial charge in [0.1, 0.15) is 17.1 Å². The van der Waals surface area contributed by atoms with E-state index in [2.05, 4.69) is 6.92 Å². The third-order valence-corrected chi connectivity index (χ3v) is 2.19. The highest BCUT2D eigenvalue weighted by molar-refractivity contribution is 5.91. The summed E-state index contributed by atoms with van der Waals surface area (Å²) in [6, 6.07) is 4.03. The minimum absolute atomic E-state index is 0.101. The van der Waals surface area contributed by atoms with Crippen LogP contribution in [0.5, 0.6) is 5.75 Å². The van der Waals surface area contributed by atoms with Crippen molar-refractivity contribution in [1.82, 2.24) is 0 Å². The van der Waals surface area contributed by atoms with Gasteiger partial charge in [-0.2, -0.15) is 0 Å². The van der Waals surface area contributed by atoms with Crippen molar-refractivity contribution < 1.29 is 19.0 Å². The molecular formula is C12H15FO3. The van der Waals surface area contributed by atoms with Crippen LogP contribution in [0.15, 0.2) is 18.2 Å². The monoisotopic (exact) mass is 226 g/mol. The summed E-state index contributed by atoms with van der Waals surface area (Å²) in [5.74, 6) is -1.97. The maximum Gasteiger partial charge on any atom is 0.342 e. The van der Waals surface area contributed by atoms with E-state index >= 15 is 0 Å². The van der Waals surface area contributed by atoms with Gasteiger partial charge < -0.3 is 9.84 Å². The summed E-state index contributed by atoms with van der Waals surface area (Å²) in [4.78, 5) is 10.8. The number of rotatable bonds is 6. The fourth-order valence-electron chi connectivity index (χ4n) is 1.37. The smallest absolute Gasteiger partial charge is 0.342 e. The van der Waals surface area contributed by atoms with Crippen molar-refractivity contribution in [3.8, 4) is 5.75 Å². The summed E-state index contributed by atoms with van der Waals surface area (Å²) in [5.41, 5.74) is -0.390. The molecule has 0 aliphatic heterocycles. The Morgan fingerprint density at radius 1 is 1.44 bits per heavy atom. The zero-order valence-corrected chi connectivity index (χ0v) is 9.20. The standard InChI is InChI=1S/C12H15FO3/c1-2-3-4-8-16-10-7-5-6-9(13)11(10)12(14)15/h5-7H,2-4,8H2,1H3,(H,14,15). The third kappa shape index (κ3) is 3.22. The maximum atomic E-state index is 13.2. The van der Waals surface area contributed by atoms with Gasteiger partial charge in [-0.3, -0.25) is 0 Å². The number of benzene rings is 1. The second-order valence-electron chi connectivity index (χ2n) is 3.47. The highest BCUT2D eigenvalue weighted by Gasteiger charge is 2.16. The van der Waals surface area contributed by atoms with Gasteiger partial charge in [-0.1, -0.05) is 25.8 Å². The summed E-state index contributed by atoms with van der Waals surface area (Å²) in [7, 11) is 0. The van der Waals surface area contributed by atoms with E-state index in [1.54, 1.807) is 0 Å². The molecule has 0 aliphatic carbocycles. The van der Waals surface area contributed by atoms with Crippen LogP contribution in [0.2, 0.25) is 0 Å². The number of carboxylic acid groups (broad SMARTS) is 1. The Morgan fingerprint density at radius 3 is 2.81 bits per heavy atom. The van der Waals surface area contributed by atoms with Crippen LogP contribution in [0, 0.1) is 5.82 Å². The van der Waals surface area contributed by atoms with E-state index in [1.807, 2.05) is 0 Å². The van der Waals surface area contributed by atoms with Crippen molar-refractivity contribution in [2.75, 3.05) is 6.61 Å². The molecule has 1 aromatic rings. The van der Waals surface area contributed by atoms with Crippen molar-refractivity contribution in [1.29, 1.82) is 0 Å². The van der Waals surface area contributed by atoms with E-state index in [-0.39, 0.29) is 11.3 Å². The third-order valence-electron chi connectivity index (χ3n) is 2.19. The van der Waals surface area contributed by atoms with Crippen LogP contribution in [0.25, 0.3) is 0 Å². The quantitative estimate of drug-likeness (QED) is 0.758. The molecule has 1 aromatic carbocycles. The van der Waals surface area contributed by atoms with Gasteiger partial charge in [0.2, 0.25) is 0 Å². The van der Waals surface area contributed by atoms with Crippen LogP contribution in [-0.4, -0.2) is 17.7 Å². The molecule has 0 atom stereocenters. The predicted molar refractivity (Wildman–Crippen MR) is 58.4 cm³/mol. The second kappa shape index (κ2) is 6.10. The number of carbonyl (C=O) groups is 1. The minimum atomic E-state index is -1.30. The molecule has 16 heavy (non-hydrogen) atoms. The molecule has 0 saturated carbocycles. The topological polar surface area (TPSA) is 46.5 Å². The summed E-state index contributed by atoms with van der Waals surface area (Å²) >= 11 is 0. The average molecular weight is 226 g/mol. The van der Waals surface area contributed by atoms with Gasteiger partial charge in [-0.05, 0) is 18.6 Å². The van der Waals surface area contributed by atoms with Gasteiger partial charge in [0.25, 0.3) is 0 Å². The molecular weight excluding hydrogens is 211 g/mol. The van der Waals surface area contributed by atoms with E-state index in [1.165, 1.54) is 12.1 Å². The maximum absolute atomic E-state index is 13.2. The van der Waals surface area contributed by atoms with Gasteiger partial charge in [0.15, 0.2) is 0 Å². The molecule has 0 aromatic heterocycles. The lowest BCUT2D eigenvalue weighted by molar-refractivity contribution is 0.0686. The SMILES string of the molecule is CCCCCOc1cccc(F)c1C(=O)O. The molecule has 0 saturated heterocycles. The van der Waals surface area contributed by atoms with Crippen LogP contribution < -0.4 is 4.74 Å². The number of halogens is 1. The van der Waals surface area contributed by atoms with Crippen LogP contribution >= 0.6 is 0 Å². The number of hydrogen-bond acceptors (Lipinski definition) is 2. The summed E-state index contributed by atoms with van der Waals surface area (Å²) in [6.45, 7) is 2.47. The van der Waals surface area contributed by atoms with E-state index < -0.39 is 11.8 Å². The van der Waals surface area contributed by atoms with Crippen LogP contribution in [0.3, 0.4) is 0 Å². The highest BCUT2D eigenvalue weighted by atomic mass is 19.1. The van der Waals surface area contributed by atoms with Crippen LogP contribution in [-0.2, 0) is 0 Å². The highest BCUT2D eigenvalue weighted by Crippen LogP contribution is 2.21. The number of unbranched alkanes of at least 4 members (excludes halogenated alkanes) is 2. The Morgan fingerprint density at radius 2 is 2.19 bits per heavy atom. The van der Waals surface area contributed by atoms with Crippen molar-refractivity contribution >= 4 is 5.97 Å². The van der Waals surface area contributed by atoms with Crippen molar-refractivity contribution in [3.63, 3.8) is 0 Å². The lowest BCUT2D eigenvalue weighted by Crippen LogP contribution is -2.06. The Hall–Kier alpha value is -1.58. The zero-order chi connectivity index (χ0) is 12.0. The van der Waals surface area contributed by atoms with Gasteiger partial charge in [-0.15, -0.1) is 0 Å². The molecule has 0 amide bonds. The van der Waals surface area contributed by atoms with Crippen molar-refractivity contribution in [3.05, 3.63) is 29.6 Å². The van der Waals surface area contributed by atoms with Gasteiger partial charge >= 0.3 is 5.97 Å². The Kier molecular flexibility index (Phi) is 4.76. The molecule has 88 valence electrons. The van der Waals surface area contributed by atoms with E-state index in [0.717, 1.165) is 25.3 Å². The van der Waals surface area contributed by atoms with Crippen molar-refractivity contribution in [2.45, 2.75) is 26.2 Å². The summed E-state index contributed by atoms with van der Waals surface area (Å²) in [5, 5.41) is 8.83. The number of hydrogen-bond donors (Lipinski definition) is 1. The molecule has 0 aliphatic rings. The molecule has 4 heteroatoms. The molecule has 0 bridgehead atoms. The van der Waals surface area contributed by atoms with E-state index in [4.69, 9.17) is 9.84 Å². The molecule has 0 unspecified atom stereocenters. The number of ether oxygens (including phenoxy) is 1. The average Bonchev–Trinajstić information content (AvgIpc) is 2.24. The Balaban J connectivity index is 2.71. The Labute approximate surface area is 93.9 Å². The fourth-order valence-corrected chi connectivity index (χ4v) is 1.37. The number of aromatic carboxylic acids is 1. The molecule has 0 fully saturated rings. The van der Waals surface area contributed by atoms with Crippen molar-refractivity contribution in [2.24, 2.45) is 0 Å². The van der Waals surface area contributed by atoms with E-state index in [9.17, 15) is 9.18 Å². The first-order chi connectivity index (χ1) is 7.66. The first-order valence-electron chi connectivity index (χ1n) is 5.31. The molecule has 0 spiro atoms. The fraction of sp³-hybridized carbons (Fsp3) is 0.417. The first kappa shape index (κ1) is 12.5. The van der Waals surface area contributed by atoms with Gasteiger partial charge in [0.05, 0.1) is 6.61 Å². The minimum Gasteiger partial charge on any atom is -0.493 e. The lowest BCUT2D eigenvalue weighted by atomic mass is 10.2. The van der Waals surface area contributed by atoms with Gasteiger partial charge in [-0.25, -0.2) is 9.18 Å². The second-order valence-corrected chi connectivity index (χ2v) is 3.47. The molecule has 1 N–H and O–H groups in total. The molecule has 1 rings (SSSR count). The van der Waals surface area contributed by atoms with Crippen LogP contribution in [0.4, 0.5) is 4.39 Å². The Bertz CT molecular complexity index is 363. The normalized spacial score (nSPS) is 10.1.